The van der Waals surface area contributed by atoms with Crippen molar-refractivity contribution in [1.29, 1.82) is 0 Å². The highest BCUT2D eigenvalue weighted by Gasteiger charge is 2.32. The van der Waals surface area contributed by atoms with Gasteiger partial charge < -0.3 is 19.9 Å². The van der Waals surface area contributed by atoms with Gasteiger partial charge in [0.15, 0.2) is 0 Å². The van der Waals surface area contributed by atoms with Crippen molar-refractivity contribution < 1.29 is 19.0 Å². The summed E-state index contributed by atoms with van der Waals surface area (Å²) in [6.45, 7) is 0.778. The third kappa shape index (κ3) is 2.58. The van der Waals surface area contributed by atoms with Crippen molar-refractivity contribution >= 4 is 11.8 Å². The van der Waals surface area contributed by atoms with Crippen LogP contribution in [0.15, 0.2) is 18.2 Å². The summed E-state index contributed by atoms with van der Waals surface area (Å²) in [7, 11) is 3.12. The van der Waals surface area contributed by atoms with E-state index in [4.69, 9.17) is 19.9 Å². The number of cyclic esters (lactones) is 1. The predicted molar refractivity (Wildman–Crippen MR) is 70.8 cm³/mol. The largest absolute Gasteiger partial charge is 0.497 e. The number of carbonyl (C=O) groups is 1. The van der Waals surface area contributed by atoms with E-state index in [9.17, 15) is 4.79 Å². The number of hydrogen-bond donors (Lipinski definition) is 1. The lowest BCUT2D eigenvalue weighted by Gasteiger charge is -2.34. The van der Waals surface area contributed by atoms with E-state index in [1.807, 2.05) is 0 Å². The van der Waals surface area contributed by atoms with Crippen LogP contribution >= 0.6 is 0 Å². The Labute approximate surface area is 112 Å². The van der Waals surface area contributed by atoms with Crippen LogP contribution in [-0.4, -0.2) is 39.5 Å². The molecule has 1 heterocycles. The highest BCUT2D eigenvalue weighted by molar-refractivity contribution is 5.91. The van der Waals surface area contributed by atoms with E-state index in [-0.39, 0.29) is 6.04 Å². The highest BCUT2D eigenvalue weighted by atomic mass is 16.6. The molecule has 1 amide bonds. The minimum atomic E-state index is -0.398. The van der Waals surface area contributed by atoms with E-state index in [0.717, 1.165) is 0 Å². The standard InChI is InChI=1S/C13H18N2O4/c1-17-10-3-4-11(12(7-10)18-2)15-9(8-14)5-6-19-13(15)16/h3-4,7,9H,5-6,8,14H2,1-2H3. The van der Waals surface area contributed by atoms with Crippen molar-refractivity contribution in [2.45, 2.75) is 12.5 Å². The number of methoxy groups -OCH3 is 2. The van der Waals surface area contributed by atoms with Gasteiger partial charge in [-0.15, -0.1) is 0 Å². The quantitative estimate of drug-likeness (QED) is 0.891. The van der Waals surface area contributed by atoms with Crippen LogP contribution in [0.2, 0.25) is 0 Å². The molecule has 2 rings (SSSR count). The van der Waals surface area contributed by atoms with Crippen molar-refractivity contribution in [3.8, 4) is 11.5 Å². The monoisotopic (exact) mass is 266 g/mol. The summed E-state index contributed by atoms with van der Waals surface area (Å²) in [5.41, 5.74) is 6.37. The van der Waals surface area contributed by atoms with Gasteiger partial charge in [0.25, 0.3) is 0 Å². The van der Waals surface area contributed by atoms with Crippen LogP contribution in [-0.2, 0) is 4.74 Å². The van der Waals surface area contributed by atoms with E-state index < -0.39 is 6.09 Å². The molecule has 0 aromatic heterocycles. The summed E-state index contributed by atoms with van der Waals surface area (Å²) in [6.07, 6.45) is 0.308. The molecular formula is C13H18N2O4. The van der Waals surface area contributed by atoms with Gasteiger partial charge in [0, 0.05) is 19.0 Å². The summed E-state index contributed by atoms with van der Waals surface area (Å²) in [5, 5.41) is 0. The molecule has 0 bridgehead atoms. The molecule has 1 unspecified atom stereocenters. The fraction of sp³-hybridized carbons (Fsp3) is 0.462. The van der Waals surface area contributed by atoms with E-state index in [1.165, 1.54) is 0 Å². The van der Waals surface area contributed by atoms with Gasteiger partial charge in [0.05, 0.1) is 32.6 Å². The lowest BCUT2D eigenvalue weighted by molar-refractivity contribution is 0.129. The Hall–Kier alpha value is -1.95. The molecule has 19 heavy (non-hydrogen) atoms. The van der Waals surface area contributed by atoms with Gasteiger partial charge in [-0.2, -0.15) is 0 Å². The van der Waals surface area contributed by atoms with Crippen molar-refractivity contribution in [3.05, 3.63) is 18.2 Å². The van der Waals surface area contributed by atoms with Crippen LogP contribution in [0.3, 0.4) is 0 Å². The number of hydrogen-bond acceptors (Lipinski definition) is 5. The predicted octanol–water partition coefficient (Wildman–Crippen LogP) is 1.38. The second-order valence-corrected chi connectivity index (χ2v) is 4.20. The summed E-state index contributed by atoms with van der Waals surface area (Å²) in [6, 6.07) is 5.19. The number of anilines is 1. The zero-order valence-corrected chi connectivity index (χ0v) is 11.1. The Morgan fingerprint density at radius 2 is 2.21 bits per heavy atom. The van der Waals surface area contributed by atoms with E-state index in [2.05, 4.69) is 0 Å². The molecular weight excluding hydrogens is 248 g/mol. The first-order chi connectivity index (χ1) is 9.21. The number of carbonyl (C=O) groups excluding carboxylic acids is 1. The van der Waals surface area contributed by atoms with Crippen LogP contribution in [0.4, 0.5) is 10.5 Å². The second kappa shape index (κ2) is 5.79. The number of benzene rings is 1. The van der Waals surface area contributed by atoms with Gasteiger partial charge in [0.1, 0.15) is 11.5 Å². The third-order valence-corrected chi connectivity index (χ3v) is 3.16. The third-order valence-electron chi connectivity index (χ3n) is 3.16. The first-order valence-electron chi connectivity index (χ1n) is 6.09. The lowest BCUT2D eigenvalue weighted by atomic mass is 10.1. The van der Waals surface area contributed by atoms with Crippen LogP contribution in [0, 0.1) is 0 Å². The number of nitrogens with two attached hydrogens (primary N) is 1. The Bertz CT molecular complexity index is 464. The van der Waals surface area contributed by atoms with Crippen LogP contribution in [0.5, 0.6) is 11.5 Å². The Morgan fingerprint density at radius 3 is 2.84 bits per heavy atom. The summed E-state index contributed by atoms with van der Waals surface area (Å²) in [4.78, 5) is 13.5. The molecule has 6 nitrogen and oxygen atoms in total. The molecule has 1 fully saturated rings. The molecule has 1 aromatic carbocycles. The van der Waals surface area contributed by atoms with Crippen LogP contribution < -0.4 is 20.1 Å². The Morgan fingerprint density at radius 1 is 1.42 bits per heavy atom. The first kappa shape index (κ1) is 13.5. The molecule has 2 N–H and O–H groups in total. The maximum absolute atomic E-state index is 11.9. The smallest absolute Gasteiger partial charge is 0.414 e. The Balaban J connectivity index is 2.40. The molecule has 1 atom stereocenters. The number of ether oxygens (including phenoxy) is 3. The molecule has 1 aromatic rings. The molecule has 0 radical (unpaired) electrons. The number of amides is 1. The fourth-order valence-corrected chi connectivity index (χ4v) is 2.13. The Kier molecular flexibility index (Phi) is 4.11. The minimum Gasteiger partial charge on any atom is -0.497 e. The minimum absolute atomic E-state index is 0.0801. The molecule has 6 heteroatoms. The van der Waals surface area contributed by atoms with E-state index in [1.54, 1.807) is 37.3 Å². The van der Waals surface area contributed by atoms with Crippen molar-refractivity contribution in [2.75, 3.05) is 32.3 Å². The van der Waals surface area contributed by atoms with Crippen LogP contribution in [0.25, 0.3) is 0 Å². The molecule has 104 valence electrons. The lowest BCUT2D eigenvalue weighted by Crippen LogP contribution is -2.49. The molecule has 1 saturated heterocycles. The molecule has 1 aliphatic heterocycles. The SMILES string of the molecule is COc1ccc(N2C(=O)OCCC2CN)c(OC)c1. The zero-order valence-electron chi connectivity index (χ0n) is 11.1. The average molecular weight is 266 g/mol. The fourth-order valence-electron chi connectivity index (χ4n) is 2.13. The summed E-state index contributed by atoms with van der Waals surface area (Å²) < 4.78 is 15.5. The first-order valence-corrected chi connectivity index (χ1v) is 6.09. The topological polar surface area (TPSA) is 74.0 Å². The number of rotatable bonds is 4. The van der Waals surface area contributed by atoms with Gasteiger partial charge in [-0.1, -0.05) is 0 Å². The molecule has 0 saturated carbocycles. The van der Waals surface area contributed by atoms with Crippen molar-refractivity contribution in [2.24, 2.45) is 5.73 Å². The average Bonchev–Trinajstić information content (AvgIpc) is 2.46. The normalized spacial score (nSPS) is 19.0. The van der Waals surface area contributed by atoms with Crippen LogP contribution in [0.1, 0.15) is 6.42 Å². The maximum atomic E-state index is 11.9. The zero-order chi connectivity index (χ0) is 13.8. The molecule has 0 spiro atoms. The van der Waals surface area contributed by atoms with Gasteiger partial charge in [-0.3, -0.25) is 4.90 Å². The van der Waals surface area contributed by atoms with Gasteiger partial charge in [0.2, 0.25) is 0 Å². The molecule has 1 aliphatic rings. The van der Waals surface area contributed by atoms with Crippen molar-refractivity contribution in [3.63, 3.8) is 0 Å². The summed E-state index contributed by atoms with van der Waals surface area (Å²) in [5.74, 6) is 1.21. The van der Waals surface area contributed by atoms with Gasteiger partial charge >= 0.3 is 6.09 Å². The van der Waals surface area contributed by atoms with Gasteiger partial charge in [-0.05, 0) is 12.1 Å². The number of nitrogens with zero attached hydrogens (tertiary/aromatic N) is 1. The molecule has 0 aliphatic carbocycles. The second-order valence-electron chi connectivity index (χ2n) is 4.20. The maximum Gasteiger partial charge on any atom is 0.414 e. The summed E-state index contributed by atoms with van der Waals surface area (Å²) >= 11 is 0. The highest BCUT2D eigenvalue weighted by Crippen LogP contribution is 2.35. The van der Waals surface area contributed by atoms with E-state index >= 15 is 0 Å². The van der Waals surface area contributed by atoms with Gasteiger partial charge in [-0.25, -0.2) is 4.79 Å². The van der Waals surface area contributed by atoms with Crippen molar-refractivity contribution in [1.82, 2.24) is 0 Å². The van der Waals surface area contributed by atoms with E-state index in [0.29, 0.717) is 36.8 Å².